The summed E-state index contributed by atoms with van der Waals surface area (Å²) in [5.41, 5.74) is 1.15. The van der Waals surface area contributed by atoms with Crippen molar-refractivity contribution in [1.82, 2.24) is 5.32 Å². The number of anilines is 1. The third-order valence-corrected chi connectivity index (χ3v) is 4.43. The number of ether oxygens (including phenoxy) is 2. The first-order valence-electron chi connectivity index (χ1n) is 8.38. The summed E-state index contributed by atoms with van der Waals surface area (Å²) in [6.07, 6.45) is 0. The Kier molecular flexibility index (Phi) is 6.06. The van der Waals surface area contributed by atoms with Crippen molar-refractivity contribution in [2.75, 3.05) is 18.5 Å². The number of halogens is 2. The van der Waals surface area contributed by atoms with E-state index in [-0.39, 0.29) is 24.0 Å². The van der Waals surface area contributed by atoms with Gasteiger partial charge in [0.25, 0.3) is 11.8 Å². The van der Waals surface area contributed by atoms with Crippen LogP contribution in [-0.4, -0.2) is 31.0 Å². The van der Waals surface area contributed by atoms with Crippen LogP contribution in [0.1, 0.15) is 28.9 Å². The molecule has 2 amide bonds. The Balaban J connectivity index is 1.84. The second kappa shape index (κ2) is 8.50. The minimum atomic E-state index is -1.05. The van der Waals surface area contributed by atoms with Crippen LogP contribution in [0.5, 0.6) is 5.75 Å². The Bertz CT molecular complexity index is 931. The maximum Gasteiger partial charge on any atom is 0.338 e. The van der Waals surface area contributed by atoms with Gasteiger partial charge < -0.3 is 20.1 Å². The van der Waals surface area contributed by atoms with Crippen LogP contribution < -0.4 is 15.4 Å². The summed E-state index contributed by atoms with van der Waals surface area (Å²) in [6.45, 7) is 1.71. The van der Waals surface area contributed by atoms with Gasteiger partial charge in [-0.15, -0.1) is 0 Å². The molecule has 1 heterocycles. The summed E-state index contributed by atoms with van der Waals surface area (Å²) in [5.74, 6) is -1.21. The average molecular weight is 423 g/mol. The Hall–Kier alpha value is -2.77. The van der Waals surface area contributed by atoms with Crippen LogP contribution in [0.25, 0.3) is 0 Å². The smallest absolute Gasteiger partial charge is 0.338 e. The molecule has 146 valence electrons. The zero-order valence-corrected chi connectivity index (χ0v) is 16.3. The molecular weight excluding hydrogens is 407 g/mol. The van der Waals surface area contributed by atoms with Crippen molar-refractivity contribution in [2.45, 2.75) is 13.0 Å². The highest BCUT2D eigenvalue weighted by Crippen LogP contribution is 2.37. The highest BCUT2D eigenvalue weighted by molar-refractivity contribution is 6.35. The minimum Gasteiger partial charge on any atom is -0.482 e. The first-order valence-corrected chi connectivity index (χ1v) is 9.13. The topological polar surface area (TPSA) is 93.7 Å². The first kappa shape index (κ1) is 20.0. The van der Waals surface area contributed by atoms with Gasteiger partial charge in [-0.1, -0.05) is 23.2 Å². The number of hydrogen-bond donors (Lipinski definition) is 2. The molecule has 0 fully saturated rings. The molecule has 9 heteroatoms. The fraction of sp³-hybridized carbons (Fsp3) is 0.211. The van der Waals surface area contributed by atoms with Crippen molar-refractivity contribution < 1.29 is 23.9 Å². The van der Waals surface area contributed by atoms with E-state index in [1.165, 1.54) is 24.3 Å². The van der Waals surface area contributed by atoms with E-state index in [9.17, 15) is 14.4 Å². The largest absolute Gasteiger partial charge is 0.482 e. The van der Waals surface area contributed by atoms with Crippen LogP contribution in [0.4, 0.5) is 5.69 Å². The monoisotopic (exact) mass is 422 g/mol. The Morgan fingerprint density at radius 2 is 1.96 bits per heavy atom. The zero-order chi connectivity index (χ0) is 20.3. The van der Waals surface area contributed by atoms with Crippen molar-refractivity contribution in [3.8, 4) is 5.75 Å². The highest BCUT2D eigenvalue weighted by Gasteiger charge is 2.31. The lowest BCUT2D eigenvalue weighted by Crippen LogP contribution is -2.37. The van der Waals surface area contributed by atoms with E-state index in [1.807, 2.05) is 0 Å². The third-order valence-electron chi connectivity index (χ3n) is 3.93. The third kappa shape index (κ3) is 4.37. The van der Waals surface area contributed by atoms with E-state index in [0.717, 1.165) is 0 Å². The van der Waals surface area contributed by atoms with Gasteiger partial charge >= 0.3 is 5.97 Å². The van der Waals surface area contributed by atoms with E-state index in [0.29, 0.717) is 21.8 Å². The summed E-state index contributed by atoms with van der Waals surface area (Å²) < 4.78 is 10.3. The molecule has 1 aliphatic heterocycles. The predicted molar refractivity (Wildman–Crippen MR) is 104 cm³/mol. The van der Waals surface area contributed by atoms with Gasteiger partial charge in [-0.3, -0.25) is 9.59 Å². The maximum atomic E-state index is 12.8. The molecule has 7 nitrogen and oxygen atoms in total. The number of benzene rings is 2. The number of hydrogen-bond acceptors (Lipinski definition) is 5. The molecule has 0 aliphatic carbocycles. The molecule has 2 aromatic rings. The first-order chi connectivity index (χ1) is 13.4. The van der Waals surface area contributed by atoms with Crippen LogP contribution in [0.3, 0.4) is 0 Å². The van der Waals surface area contributed by atoms with Crippen LogP contribution in [-0.2, 0) is 14.3 Å². The number of fused-ring (bicyclic) bond motifs is 1. The standard InChI is InChI=1S/C19H16Cl2N2O5/c1-2-27-19(26)10-3-5-12(6-4-10)22-18(25)16-13-7-11(20)8-14(21)17(13)28-9-15(24)23-16/h3-8,16H,2,9H2,1H3,(H,22,25)(H,23,24). The second-order valence-corrected chi connectivity index (χ2v) is 6.73. The van der Waals surface area contributed by atoms with Crippen LogP contribution in [0, 0.1) is 0 Å². The number of rotatable bonds is 4. The number of amides is 2. The summed E-state index contributed by atoms with van der Waals surface area (Å²) in [6, 6.07) is 8.12. The lowest BCUT2D eigenvalue weighted by atomic mass is 10.0. The molecule has 2 aromatic carbocycles. The molecule has 1 atom stereocenters. The van der Waals surface area contributed by atoms with E-state index in [4.69, 9.17) is 32.7 Å². The highest BCUT2D eigenvalue weighted by atomic mass is 35.5. The quantitative estimate of drug-likeness (QED) is 0.736. The SMILES string of the molecule is CCOC(=O)c1ccc(NC(=O)C2NC(=O)COc3c(Cl)cc(Cl)cc32)cc1. The number of esters is 1. The maximum absolute atomic E-state index is 12.8. The van der Waals surface area contributed by atoms with Crippen molar-refractivity contribution in [2.24, 2.45) is 0 Å². The van der Waals surface area contributed by atoms with E-state index >= 15 is 0 Å². The van der Waals surface area contributed by atoms with Gasteiger partial charge in [0.15, 0.2) is 6.61 Å². The Morgan fingerprint density at radius 3 is 2.64 bits per heavy atom. The Morgan fingerprint density at radius 1 is 1.25 bits per heavy atom. The van der Waals surface area contributed by atoms with Crippen molar-refractivity contribution in [1.29, 1.82) is 0 Å². The molecule has 28 heavy (non-hydrogen) atoms. The molecule has 0 aromatic heterocycles. The predicted octanol–water partition coefficient (Wildman–Crippen LogP) is 3.36. The molecule has 0 saturated carbocycles. The lowest BCUT2D eigenvalue weighted by Gasteiger charge is -2.18. The summed E-state index contributed by atoms with van der Waals surface area (Å²) >= 11 is 12.2. The summed E-state index contributed by atoms with van der Waals surface area (Å²) in [4.78, 5) is 36.5. The van der Waals surface area contributed by atoms with E-state index < -0.39 is 23.8 Å². The van der Waals surface area contributed by atoms with Crippen molar-refractivity contribution in [3.05, 3.63) is 57.6 Å². The lowest BCUT2D eigenvalue weighted by molar-refractivity contribution is -0.127. The van der Waals surface area contributed by atoms with Crippen molar-refractivity contribution in [3.63, 3.8) is 0 Å². The fourth-order valence-electron chi connectivity index (χ4n) is 2.69. The van der Waals surface area contributed by atoms with Gasteiger partial charge in [0, 0.05) is 16.3 Å². The molecule has 1 aliphatic rings. The van der Waals surface area contributed by atoms with Gasteiger partial charge in [0.1, 0.15) is 11.8 Å². The van der Waals surface area contributed by atoms with E-state index in [2.05, 4.69) is 10.6 Å². The summed E-state index contributed by atoms with van der Waals surface area (Å²) in [7, 11) is 0. The number of carbonyl (C=O) groups is 3. The van der Waals surface area contributed by atoms with Crippen LogP contribution in [0.15, 0.2) is 36.4 Å². The second-order valence-electron chi connectivity index (χ2n) is 5.88. The molecule has 0 radical (unpaired) electrons. The molecular formula is C19H16Cl2N2O5. The number of nitrogens with one attached hydrogen (secondary N) is 2. The Labute approximate surface area is 170 Å². The van der Waals surface area contributed by atoms with Gasteiger partial charge in [0.2, 0.25) is 0 Å². The fourth-order valence-corrected chi connectivity index (χ4v) is 3.25. The molecule has 3 rings (SSSR count). The van der Waals surface area contributed by atoms with Crippen LogP contribution >= 0.6 is 23.2 Å². The zero-order valence-electron chi connectivity index (χ0n) is 14.8. The molecule has 0 spiro atoms. The molecule has 2 N–H and O–H groups in total. The van der Waals surface area contributed by atoms with Crippen molar-refractivity contribution >= 4 is 46.7 Å². The molecule has 1 unspecified atom stereocenters. The van der Waals surface area contributed by atoms with Gasteiger partial charge in [-0.25, -0.2) is 4.79 Å². The van der Waals surface area contributed by atoms with E-state index in [1.54, 1.807) is 19.1 Å². The van der Waals surface area contributed by atoms with Gasteiger partial charge in [-0.05, 0) is 43.3 Å². The number of carbonyl (C=O) groups excluding carboxylic acids is 3. The average Bonchev–Trinajstić information content (AvgIpc) is 2.82. The molecule has 0 bridgehead atoms. The molecule has 0 saturated heterocycles. The normalized spacial score (nSPS) is 15.5. The van der Waals surface area contributed by atoms with Gasteiger partial charge in [0.05, 0.1) is 17.2 Å². The van der Waals surface area contributed by atoms with Crippen LogP contribution in [0.2, 0.25) is 10.0 Å². The minimum absolute atomic E-state index is 0.204. The van der Waals surface area contributed by atoms with Gasteiger partial charge in [-0.2, -0.15) is 0 Å². The summed E-state index contributed by atoms with van der Waals surface area (Å²) in [5, 5.41) is 5.79.